The summed E-state index contributed by atoms with van der Waals surface area (Å²) in [5, 5.41) is 18.9. The zero-order valence-corrected chi connectivity index (χ0v) is 41.5. The normalized spacial score (nSPS) is 14.5. The number of nitrogens with zero attached hydrogens (tertiary/aromatic N) is 3. The molecule has 3 N–H and O–H groups in total. The molecule has 1 aliphatic heterocycles. The largest absolute Gasteiger partial charge is 0.484 e. The number of benzene rings is 4. The van der Waals surface area contributed by atoms with Crippen LogP contribution in [0, 0.1) is 11.3 Å². The van der Waals surface area contributed by atoms with Gasteiger partial charge in [0.05, 0.1) is 84.2 Å². The molecule has 1 aliphatic rings. The van der Waals surface area contributed by atoms with Crippen molar-refractivity contribution in [3.63, 3.8) is 0 Å². The van der Waals surface area contributed by atoms with Crippen LogP contribution in [-0.2, 0) is 38.1 Å². The van der Waals surface area contributed by atoms with Gasteiger partial charge < -0.3 is 54.2 Å². The molecular formula is C53H67ClN6O10. The van der Waals surface area contributed by atoms with E-state index in [2.05, 4.69) is 28.9 Å². The van der Waals surface area contributed by atoms with E-state index in [0.29, 0.717) is 108 Å². The average molecular weight is 984 g/mol. The number of nitrogens with one attached hydrogen (secondary N) is 3. The van der Waals surface area contributed by atoms with E-state index in [1.807, 2.05) is 85.5 Å². The van der Waals surface area contributed by atoms with Crippen molar-refractivity contribution in [1.82, 2.24) is 15.5 Å². The quantitative estimate of drug-likeness (QED) is 0.0437. The number of fused-ring (bicyclic) bond motifs is 1. The van der Waals surface area contributed by atoms with Gasteiger partial charge in [0, 0.05) is 54.6 Å². The number of nitriles is 1. The Hall–Kier alpha value is -6.06. The number of carbonyl (C=O) groups is 4. The smallest absolute Gasteiger partial charge is 0.258 e. The van der Waals surface area contributed by atoms with Gasteiger partial charge in [0.25, 0.3) is 11.8 Å². The van der Waals surface area contributed by atoms with Crippen LogP contribution in [0.2, 0.25) is 5.02 Å². The molecule has 376 valence electrons. The Balaban J connectivity index is 0.842. The van der Waals surface area contributed by atoms with E-state index in [4.69, 9.17) is 45.3 Å². The first-order chi connectivity index (χ1) is 34.0. The van der Waals surface area contributed by atoms with Gasteiger partial charge in [-0.15, -0.1) is 0 Å². The van der Waals surface area contributed by atoms with Crippen molar-refractivity contribution < 1.29 is 47.6 Å². The lowest BCUT2D eigenvalue weighted by Crippen LogP contribution is -2.43. The third-order valence-electron chi connectivity index (χ3n) is 11.6. The molecule has 0 radical (unpaired) electrons. The van der Waals surface area contributed by atoms with Crippen LogP contribution in [0.1, 0.15) is 80.5 Å². The lowest BCUT2D eigenvalue weighted by molar-refractivity contribution is -0.132. The van der Waals surface area contributed by atoms with Gasteiger partial charge in [0.1, 0.15) is 12.2 Å². The van der Waals surface area contributed by atoms with Crippen LogP contribution in [0.4, 0.5) is 11.4 Å². The number of hydrogen-bond acceptors (Lipinski definition) is 12. The fourth-order valence-electron chi connectivity index (χ4n) is 8.17. The number of halogens is 1. The Morgan fingerprint density at radius 2 is 1.33 bits per heavy atom. The number of amides is 4. The minimum Gasteiger partial charge on any atom is -0.484 e. The number of anilines is 2. The predicted octanol–water partition coefficient (Wildman–Crippen LogP) is 7.53. The molecule has 70 heavy (non-hydrogen) atoms. The molecular weight excluding hydrogens is 916 g/mol. The van der Waals surface area contributed by atoms with Gasteiger partial charge in [0.15, 0.2) is 6.61 Å². The van der Waals surface area contributed by atoms with E-state index < -0.39 is 0 Å². The SMILES string of the molecule is CCC(c1ccc(OCC(=O)NCCOCCOCCOCCOCCOCCNC(=O)c2ccc(-c3ccc4c(c3)C(Nc3ccc(Cl)cc3)CC(C)N4C(C)=O)cc2)cc1)N(CC)C(=O)CC#N. The van der Waals surface area contributed by atoms with Crippen molar-refractivity contribution in [3.05, 3.63) is 113 Å². The molecule has 0 aliphatic carbocycles. The summed E-state index contributed by atoms with van der Waals surface area (Å²) in [5.41, 5.74) is 6.29. The Morgan fingerprint density at radius 1 is 0.757 bits per heavy atom. The highest BCUT2D eigenvalue weighted by atomic mass is 35.5. The van der Waals surface area contributed by atoms with Crippen LogP contribution in [0.25, 0.3) is 11.1 Å². The van der Waals surface area contributed by atoms with Crippen LogP contribution < -0.4 is 25.6 Å². The van der Waals surface area contributed by atoms with Gasteiger partial charge >= 0.3 is 0 Å². The molecule has 4 aromatic carbocycles. The van der Waals surface area contributed by atoms with E-state index >= 15 is 0 Å². The molecule has 0 bridgehead atoms. The highest BCUT2D eigenvalue weighted by Gasteiger charge is 2.33. The molecule has 4 aromatic rings. The minimum absolute atomic E-state index is 0.00273. The summed E-state index contributed by atoms with van der Waals surface area (Å²) in [6.45, 7) is 12.5. The maximum Gasteiger partial charge on any atom is 0.258 e. The maximum absolute atomic E-state index is 12.9. The van der Waals surface area contributed by atoms with Crippen LogP contribution in [0.3, 0.4) is 0 Å². The van der Waals surface area contributed by atoms with Gasteiger partial charge in [-0.2, -0.15) is 5.26 Å². The van der Waals surface area contributed by atoms with Crippen LogP contribution in [0.15, 0.2) is 91.0 Å². The van der Waals surface area contributed by atoms with Crippen LogP contribution in [0.5, 0.6) is 5.75 Å². The molecule has 3 atom stereocenters. The number of hydrogen-bond donors (Lipinski definition) is 3. The second kappa shape index (κ2) is 29.9. The lowest BCUT2D eigenvalue weighted by Gasteiger charge is -2.39. The molecule has 17 heteroatoms. The summed E-state index contributed by atoms with van der Waals surface area (Å²) < 4.78 is 33.4. The van der Waals surface area contributed by atoms with E-state index in [9.17, 15) is 19.2 Å². The molecule has 0 saturated heterocycles. The minimum atomic E-state index is -0.272. The molecule has 0 aromatic heterocycles. The standard InChI is InChI=1S/C53H67ClN6O10/c1-5-49(59(6-2)52(63)21-22-55)41-11-18-46(19-12-41)70-37-51(62)56-23-25-65-27-29-67-31-33-69-34-32-68-30-28-66-26-24-57-53(64)42-9-7-40(8-10-42)43-13-20-50-47(36-43)48(35-38(3)60(50)39(4)61)58-45-16-14-44(54)15-17-45/h7-20,36,38,48-49,58H,5-6,21,23-35,37H2,1-4H3,(H,56,62)(H,57,64). The fourth-order valence-corrected chi connectivity index (χ4v) is 8.29. The van der Waals surface area contributed by atoms with Crippen molar-refractivity contribution in [3.8, 4) is 22.9 Å². The molecule has 1 heterocycles. The van der Waals surface area contributed by atoms with Crippen molar-refractivity contribution in [2.24, 2.45) is 0 Å². The number of ether oxygens (including phenoxy) is 6. The number of rotatable bonds is 30. The zero-order valence-electron chi connectivity index (χ0n) is 40.7. The Morgan fingerprint density at radius 3 is 1.89 bits per heavy atom. The summed E-state index contributed by atoms with van der Waals surface area (Å²) >= 11 is 6.12. The summed E-state index contributed by atoms with van der Waals surface area (Å²) in [4.78, 5) is 53.7. The van der Waals surface area contributed by atoms with Crippen molar-refractivity contribution >= 4 is 46.6 Å². The first-order valence-corrected chi connectivity index (χ1v) is 24.3. The first-order valence-electron chi connectivity index (χ1n) is 23.9. The maximum atomic E-state index is 12.9. The third-order valence-corrected chi connectivity index (χ3v) is 11.8. The van der Waals surface area contributed by atoms with E-state index in [0.717, 1.165) is 40.0 Å². The monoisotopic (exact) mass is 982 g/mol. The van der Waals surface area contributed by atoms with Crippen LogP contribution >= 0.6 is 11.6 Å². The highest BCUT2D eigenvalue weighted by molar-refractivity contribution is 6.30. The second-order valence-electron chi connectivity index (χ2n) is 16.5. The van der Waals surface area contributed by atoms with Crippen molar-refractivity contribution in [2.75, 3.05) is 103 Å². The lowest BCUT2D eigenvalue weighted by atomic mass is 9.88. The van der Waals surface area contributed by atoms with Gasteiger partial charge in [-0.25, -0.2) is 0 Å². The molecule has 0 fully saturated rings. The topological polar surface area (TPSA) is 190 Å². The molecule has 0 saturated carbocycles. The van der Waals surface area contributed by atoms with Crippen LogP contribution in [-0.4, -0.2) is 127 Å². The summed E-state index contributed by atoms with van der Waals surface area (Å²) in [5.74, 6) is -0.119. The van der Waals surface area contributed by atoms with Gasteiger partial charge in [0.2, 0.25) is 11.8 Å². The second-order valence-corrected chi connectivity index (χ2v) is 16.9. The molecule has 4 amide bonds. The Labute approximate surface area is 416 Å². The van der Waals surface area contributed by atoms with E-state index in [1.54, 1.807) is 36.1 Å². The first kappa shape index (κ1) is 54.9. The summed E-state index contributed by atoms with van der Waals surface area (Å²) in [6, 6.07) is 30.3. The molecule has 5 rings (SSSR count). The summed E-state index contributed by atoms with van der Waals surface area (Å²) in [7, 11) is 0. The molecule has 16 nitrogen and oxygen atoms in total. The Kier molecular flexibility index (Phi) is 23.4. The van der Waals surface area contributed by atoms with Gasteiger partial charge in [-0.1, -0.05) is 48.9 Å². The fraction of sp³-hybridized carbons (Fsp3) is 0.453. The predicted molar refractivity (Wildman–Crippen MR) is 269 cm³/mol. The van der Waals surface area contributed by atoms with Crippen molar-refractivity contribution in [1.29, 1.82) is 5.26 Å². The molecule has 0 spiro atoms. The zero-order chi connectivity index (χ0) is 50.1. The highest BCUT2D eigenvalue weighted by Crippen LogP contribution is 2.41. The Bertz CT molecular complexity index is 2290. The average Bonchev–Trinajstić information content (AvgIpc) is 3.36. The third kappa shape index (κ3) is 17.4. The van der Waals surface area contributed by atoms with E-state index in [-0.39, 0.29) is 54.8 Å². The molecule has 3 unspecified atom stereocenters. The van der Waals surface area contributed by atoms with Gasteiger partial charge in [-0.3, -0.25) is 19.2 Å². The summed E-state index contributed by atoms with van der Waals surface area (Å²) in [6.07, 6.45) is 1.29. The van der Waals surface area contributed by atoms with E-state index in [1.165, 1.54) is 0 Å². The van der Waals surface area contributed by atoms with Crippen molar-refractivity contribution in [2.45, 2.75) is 65.1 Å². The number of carbonyl (C=O) groups excluding carboxylic acids is 4. The van der Waals surface area contributed by atoms with Gasteiger partial charge in [-0.05, 0) is 110 Å².